The fraction of sp³-hybridized carbons (Fsp3) is 0.222. The lowest BCUT2D eigenvalue weighted by Gasteiger charge is -2.18. The summed E-state index contributed by atoms with van der Waals surface area (Å²) in [5.74, 6) is -1.92. The molecule has 1 atom stereocenters. The molecule has 2 aromatic rings. The average Bonchev–Trinajstić information content (AvgIpc) is 2.58. The zero-order valence-electron chi connectivity index (χ0n) is 14.1. The molecule has 0 heterocycles. The Hall–Kier alpha value is -2.74. The van der Waals surface area contributed by atoms with Crippen LogP contribution in [0.25, 0.3) is 0 Å². The summed E-state index contributed by atoms with van der Waals surface area (Å²) in [6.07, 6.45) is 0.951. The summed E-state index contributed by atoms with van der Waals surface area (Å²) in [5, 5.41) is 5.02. The molecule has 0 unspecified atom stereocenters. The molecule has 0 aliphatic rings. The fourth-order valence-corrected chi connectivity index (χ4v) is 2.89. The van der Waals surface area contributed by atoms with Crippen molar-refractivity contribution in [3.63, 3.8) is 0 Å². The van der Waals surface area contributed by atoms with Crippen molar-refractivity contribution in [1.82, 2.24) is 5.32 Å². The van der Waals surface area contributed by atoms with Crippen molar-refractivity contribution in [3.05, 3.63) is 66.0 Å². The first kappa shape index (κ1) is 19.6. The second-order valence-corrected chi connectivity index (χ2v) is 8.07. The predicted octanol–water partition coefficient (Wildman–Crippen LogP) is 2.00. The Bertz CT molecular complexity index is 885. The van der Waals surface area contributed by atoms with Gasteiger partial charge in [0.05, 0.1) is 5.75 Å². The van der Waals surface area contributed by atoms with Gasteiger partial charge in [0.15, 0.2) is 0 Å². The van der Waals surface area contributed by atoms with Crippen LogP contribution >= 0.6 is 0 Å². The second kappa shape index (κ2) is 8.57. The van der Waals surface area contributed by atoms with Gasteiger partial charge in [-0.1, -0.05) is 24.3 Å². The summed E-state index contributed by atoms with van der Waals surface area (Å²) in [6, 6.07) is 12.4. The maximum atomic E-state index is 13.3. The van der Waals surface area contributed by atoms with Crippen LogP contribution in [0.5, 0.6) is 0 Å². The first-order valence-electron chi connectivity index (χ1n) is 7.85. The molecular formula is C18H19FN2O4S. The lowest BCUT2D eigenvalue weighted by molar-refractivity contribution is -0.118. The minimum absolute atomic E-state index is 0.0987. The van der Waals surface area contributed by atoms with Gasteiger partial charge in [0.1, 0.15) is 21.7 Å². The van der Waals surface area contributed by atoms with Crippen LogP contribution in [0, 0.1) is 5.82 Å². The fourth-order valence-electron chi connectivity index (χ4n) is 2.23. The monoisotopic (exact) mass is 378 g/mol. The van der Waals surface area contributed by atoms with E-state index in [4.69, 9.17) is 0 Å². The Kier molecular flexibility index (Phi) is 6.46. The summed E-state index contributed by atoms with van der Waals surface area (Å²) < 4.78 is 36.1. The molecule has 0 aromatic heterocycles. The van der Waals surface area contributed by atoms with Gasteiger partial charge in [-0.3, -0.25) is 9.59 Å². The lowest BCUT2D eigenvalue weighted by Crippen LogP contribution is -2.44. The van der Waals surface area contributed by atoms with E-state index in [0.29, 0.717) is 5.56 Å². The molecule has 0 radical (unpaired) electrons. The highest BCUT2D eigenvalue weighted by Crippen LogP contribution is 2.11. The van der Waals surface area contributed by atoms with Gasteiger partial charge in [0.2, 0.25) is 5.91 Å². The minimum atomic E-state index is -3.32. The third-order valence-electron chi connectivity index (χ3n) is 3.53. The van der Waals surface area contributed by atoms with Gasteiger partial charge < -0.3 is 10.6 Å². The molecule has 2 aromatic carbocycles. The van der Waals surface area contributed by atoms with Crippen LogP contribution in [0.2, 0.25) is 0 Å². The molecule has 0 fully saturated rings. The highest BCUT2D eigenvalue weighted by molar-refractivity contribution is 7.90. The Morgan fingerprint density at radius 3 is 2.38 bits per heavy atom. The first-order chi connectivity index (χ1) is 12.2. The van der Waals surface area contributed by atoms with E-state index in [1.807, 2.05) is 0 Å². The molecule has 2 amide bonds. The van der Waals surface area contributed by atoms with E-state index < -0.39 is 33.5 Å². The van der Waals surface area contributed by atoms with E-state index >= 15 is 0 Å². The van der Waals surface area contributed by atoms with Crippen LogP contribution < -0.4 is 10.6 Å². The molecule has 8 heteroatoms. The van der Waals surface area contributed by atoms with E-state index in [-0.39, 0.29) is 17.9 Å². The molecular weight excluding hydrogens is 359 g/mol. The molecule has 0 aliphatic heterocycles. The van der Waals surface area contributed by atoms with Crippen molar-refractivity contribution in [2.24, 2.45) is 0 Å². The number of amides is 2. The van der Waals surface area contributed by atoms with E-state index in [1.165, 1.54) is 18.2 Å². The Morgan fingerprint density at radius 1 is 1.08 bits per heavy atom. The van der Waals surface area contributed by atoms with Gasteiger partial charge in [-0.15, -0.1) is 0 Å². The predicted molar refractivity (Wildman–Crippen MR) is 97.1 cm³/mol. The van der Waals surface area contributed by atoms with E-state index in [1.54, 1.807) is 30.3 Å². The first-order valence-corrected chi connectivity index (χ1v) is 9.91. The number of benzene rings is 2. The van der Waals surface area contributed by atoms with Crippen molar-refractivity contribution in [2.45, 2.75) is 12.5 Å². The molecule has 0 bridgehead atoms. The van der Waals surface area contributed by atoms with Crippen molar-refractivity contribution in [2.75, 3.05) is 17.3 Å². The largest absolute Gasteiger partial charge is 0.340 e. The molecule has 6 nitrogen and oxygen atoms in total. The topological polar surface area (TPSA) is 92.3 Å². The zero-order valence-corrected chi connectivity index (χ0v) is 14.9. The Morgan fingerprint density at radius 2 is 1.77 bits per heavy atom. The molecule has 2 rings (SSSR count). The zero-order chi connectivity index (χ0) is 19.2. The van der Waals surface area contributed by atoms with Crippen molar-refractivity contribution in [3.8, 4) is 0 Å². The average molecular weight is 378 g/mol. The van der Waals surface area contributed by atoms with Gasteiger partial charge in [-0.2, -0.15) is 0 Å². The van der Waals surface area contributed by atoms with E-state index in [0.717, 1.165) is 12.3 Å². The van der Waals surface area contributed by atoms with Crippen molar-refractivity contribution >= 4 is 27.3 Å². The van der Waals surface area contributed by atoms with Crippen LogP contribution in [0.15, 0.2) is 54.6 Å². The van der Waals surface area contributed by atoms with Crippen LogP contribution in [-0.2, 0) is 14.6 Å². The van der Waals surface area contributed by atoms with Crippen LogP contribution in [0.1, 0.15) is 16.8 Å². The number of rotatable bonds is 7. The molecule has 0 saturated heterocycles. The van der Waals surface area contributed by atoms with Gasteiger partial charge in [0, 0.05) is 17.5 Å². The number of hydrogen-bond acceptors (Lipinski definition) is 4. The van der Waals surface area contributed by atoms with E-state index in [2.05, 4.69) is 10.6 Å². The third kappa shape index (κ3) is 6.29. The van der Waals surface area contributed by atoms with E-state index in [9.17, 15) is 22.4 Å². The van der Waals surface area contributed by atoms with Gasteiger partial charge >= 0.3 is 0 Å². The smallest absolute Gasteiger partial charge is 0.251 e. The quantitative estimate of drug-likeness (QED) is 0.771. The second-order valence-electron chi connectivity index (χ2n) is 5.81. The van der Waals surface area contributed by atoms with Gasteiger partial charge in [-0.25, -0.2) is 12.8 Å². The minimum Gasteiger partial charge on any atom is -0.340 e. The number of anilines is 1. The summed E-state index contributed by atoms with van der Waals surface area (Å²) >= 11 is 0. The Balaban J connectivity index is 2.14. The summed E-state index contributed by atoms with van der Waals surface area (Å²) in [7, 11) is -3.32. The molecule has 2 N–H and O–H groups in total. The molecule has 0 aliphatic carbocycles. The van der Waals surface area contributed by atoms with Crippen molar-refractivity contribution in [1.29, 1.82) is 0 Å². The maximum Gasteiger partial charge on any atom is 0.251 e. The Labute approximate surface area is 151 Å². The number of sulfone groups is 1. The van der Waals surface area contributed by atoms with Gasteiger partial charge in [-0.05, 0) is 36.8 Å². The van der Waals surface area contributed by atoms with Crippen LogP contribution in [0.4, 0.5) is 10.1 Å². The number of carbonyl (C=O) groups is 2. The number of halogens is 1. The summed E-state index contributed by atoms with van der Waals surface area (Å²) in [4.78, 5) is 24.8. The molecule has 138 valence electrons. The molecule has 0 spiro atoms. The number of nitrogens with one attached hydrogen (secondary N) is 2. The standard InChI is InChI=1S/C18H19FN2O4S/c1-26(24,25)11-10-16(21-17(22)13-6-3-2-4-7-13)18(23)20-15-9-5-8-14(19)12-15/h2-9,12,16H,10-11H2,1H3,(H,20,23)(H,21,22)/t16-/m0/s1. The summed E-state index contributed by atoms with van der Waals surface area (Å²) in [6.45, 7) is 0. The lowest BCUT2D eigenvalue weighted by atomic mass is 10.1. The summed E-state index contributed by atoms with van der Waals surface area (Å²) in [5.41, 5.74) is 0.559. The van der Waals surface area contributed by atoms with Crippen molar-refractivity contribution < 1.29 is 22.4 Å². The van der Waals surface area contributed by atoms with Crippen LogP contribution in [-0.4, -0.2) is 38.3 Å². The maximum absolute atomic E-state index is 13.3. The highest BCUT2D eigenvalue weighted by Gasteiger charge is 2.23. The molecule has 26 heavy (non-hydrogen) atoms. The normalized spacial score (nSPS) is 12.2. The number of hydrogen-bond donors (Lipinski definition) is 2. The molecule has 0 saturated carbocycles. The highest BCUT2D eigenvalue weighted by atomic mass is 32.2. The van der Waals surface area contributed by atoms with Gasteiger partial charge in [0.25, 0.3) is 5.91 Å². The number of carbonyl (C=O) groups excluding carboxylic acids is 2. The SMILES string of the molecule is CS(=O)(=O)CC[C@H](NC(=O)c1ccccc1)C(=O)Nc1cccc(F)c1. The third-order valence-corrected chi connectivity index (χ3v) is 4.50. The van der Waals surface area contributed by atoms with Crippen LogP contribution in [0.3, 0.4) is 0 Å².